The van der Waals surface area contributed by atoms with E-state index in [1.165, 1.54) is 7.11 Å². The van der Waals surface area contributed by atoms with Gasteiger partial charge in [0.25, 0.3) is 6.47 Å². The second-order valence-electron chi connectivity index (χ2n) is 4.12. The molecule has 0 spiro atoms. The van der Waals surface area contributed by atoms with E-state index in [9.17, 15) is 4.79 Å². The Kier molecular flexibility index (Phi) is 37.6. The minimum atomic E-state index is 0.136. The SMILES string of the molecule is CC.CC.CC.CCCCNC(=O)C1CCCN1C.COC=O. The van der Waals surface area contributed by atoms with Gasteiger partial charge in [-0.1, -0.05) is 54.9 Å². The number of carbonyl (C=O) groups is 2. The Balaban J connectivity index is -0.000000152. The Morgan fingerprint density at radius 1 is 1.22 bits per heavy atom. The molecule has 1 aliphatic rings. The van der Waals surface area contributed by atoms with Crippen molar-refractivity contribution in [1.82, 2.24) is 10.2 Å². The van der Waals surface area contributed by atoms with Gasteiger partial charge in [-0.15, -0.1) is 0 Å². The zero-order chi connectivity index (χ0) is 19.1. The van der Waals surface area contributed by atoms with Crippen molar-refractivity contribution in [2.75, 3.05) is 27.2 Å². The summed E-state index contributed by atoms with van der Waals surface area (Å²) in [5.74, 6) is 0.216. The van der Waals surface area contributed by atoms with E-state index >= 15 is 0 Å². The topological polar surface area (TPSA) is 58.6 Å². The van der Waals surface area contributed by atoms with Gasteiger partial charge in [0.2, 0.25) is 5.91 Å². The molecule has 0 aromatic heterocycles. The van der Waals surface area contributed by atoms with E-state index in [-0.39, 0.29) is 11.9 Å². The van der Waals surface area contributed by atoms with Gasteiger partial charge < -0.3 is 10.1 Å². The molecule has 23 heavy (non-hydrogen) atoms. The third-order valence-electron chi connectivity index (χ3n) is 2.75. The van der Waals surface area contributed by atoms with Crippen LogP contribution < -0.4 is 5.32 Å². The van der Waals surface area contributed by atoms with Gasteiger partial charge in [0, 0.05) is 6.54 Å². The fourth-order valence-electron chi connectivity index (χ4n) is 1.75. The number of ether oxygens (including phenoxy) is 1. The predicted octanol–water partition coefficient (Wildman–Crippen LogP) is 3.86. The molecule has 1 atom stereocenters. The average Bonchev–Trinajstić information content (AvgIpc) is 3.06. The number of hydrogen-bond donors (Lipinski definition) is 1. The van der Waals surface area contributed by atoms with Crippen LogP contribution in [0, 0.1) is 0 Å². The maximum absolute atomic E-state index is 11.6. The summed E-state index contributed by atoms with van der Waals surface area (Å²) in [7, 11) is 3.34. The fourth-order valence-corrected chi connectivity index (χ4v) is 1.75. The number of likely N-dealkylation sites (tertiary alicyclic amines) is 1. The van der Waals surface area contributed by atoms with E-state index < -0.39 is 0 Å². The van der Waals surface area contributed by atoms with E-state index in [1.807, 2.05) is 48.6 Å². The molecule has 1 heterocycles. The van der Waals surface area contributed by atoms with Gasteiger partial charge in [-0.2, -0.15) is 0 Å². The Morgan fingerprint density at radius 2 is 1.70 bits per heavy atom. The molecule has 1 saturated heterocycles. The number of nitrogens with zero attached hydrogens (tertiary/aromatic N) is 1. The molecule has 142 valence electrons. The van der Waals surface area contributed by atoms with Crippen LogP contribution in [-0.2, 0) is 14.3 Å². The van der Waals surface area contributed by atoms with Crippen LogP contribution in [0.25, 0.3) is 0 Å². The minimum absolute atomic E-state index is 0.136. The second-order valence-corrected chi connectivity index (χ2v) is 4.12. The van der Waals surface area contributed by atoms with Gasteiger partial charge in [0.05, 0.1) is 13.2 Å². The second kappa shape index (κ2) is 29.0. The van der Waals surface area contributed by atoms with E-state index in [1.54, 1.807) is 0 Å². The van der Waals surface area contributed by atoms with Crippen molar-refractivity contribution in [2.24, 2.45) is 0 Å². The molecule has 0 aromatic rings. The smallest absolute Gasteiger partial charge is 0.292 e. The summed E-state index contributed by atoms with van der Waals surface area (Å²) in [5, 5.41) is 2.98. The molecule has 0 saturated carbocycles. The normalized spacial score (nSPS) is 14.9. The van der Waals surface area contributed by atoms with Crippen LogP contribution in [0.15, 0.2) is 0 Å². The zero-order valence-corrected chi connectivity index (χ0v) is 17.1. The summed E-state index contributed by atoms with van der Waals surface area (Å²) >= 11 is 0. The molecule has 0 aliphatic carbocycles. The van der Waals surface area contributed by atoms with Crippen molar-refractivity contribution in [3.63, 3.8) is 0 Å². The summed E-state index contributed by atoms with van der Waals surface area (Å²) in [6.45, 7) is 16.4. The number of carbonyl (C=O) groups excluding carboxylic acids is 2. The highest BCUT2D eigenvalue weighted by Gasteiger charge is 2.26. The molecule has 5 heteroatoms. The molecule has 1 aliphatic heterocycles. The monoisotopic (exact) mass is 334 g/mol. The van der Waals surface area contributed by atoms with Crippen LogP contribution in [-0.4, -0.2) is 50.6 Å². The maximum atomic E-state index is 11.6. The molecule has 1 fully saturated rings. The highest BCUT2D eigenvalue weighted by Crippen LogP contribution is 2.14. The maximum Gasteiger partial charge on any atom is 0.292 e. The highest BCUT2D eigenvalue weighted by atomic mass is 16.5. The zero-order valence-electron chi connectivity index (χ0n) is 17.1. The summed E-state index contributed by atoms with van der Waals surface area (Å²) in [6, 6.07) is 0.136. The number of nitrogens with one attached hydrogen (secondary N) is 1. The number of rotatable bonds is 5. The van der Waals surface area contributed by atoms with Crippen LogP contribution in [0.5, 0.6) is 0 Å². The standard InChI is InChI=1S/C10H20N2O.C2H4O2.3C2H6/c1-3-4-7-11-10(13)9-6-5-8-12(9)2;1-4-2-3;3*1-2/h9H,3-8H2,1-2H3,(H,11,13);2H,1H3;3*1-2H3. The first-order chi connectivity index (χ1) is 11.2. The minimum Gasteiger partial charge on any atom is -0.471 e. The highest BCUT2D eigenvalue weighted by molar-refractivity contribution is 5.81. The lowest BCUT2D eigenvalue weighted by atomic mass is 10.2. The molecule has 0 bridgehead atoms. The molecule has 0 radical (unpaired) electrons. The van der Waals surface area contributed by atoms with E-state index in [4.69, 9.17) is 4.79 Å². The van der Waals surface area contributed by atoms with E-state index in [0.29, 0.717) is 6.47 Å². The molecular weight excluding hydrogens is 292 g/mol. The predicted molar refractivity (Wildman–Crippen MR) is 101 cm³/mol. The van der Waals surface area contributed by atoms with Gasteiger partial charge in [0.15, 0.2) is 0 Å². The van der Waals surface area contributed by atoms with Crippen molar-refractivity contribution in [3.05, 3.63) is 0 Å². The summed E-state index contributed by atoms with van der Waals surface area (Å²) < 4.78 is 3.86. The molecule has 1 amide bonds. The van der Waals surface area contributed by atoms with Crippen LogP contribution in [0.1, 0.15) is 74.1 Å². The Morgan fingerprint density at radius 3 is 2.00 bits per heavy atom. The lowest BCUT2D eigenvalue weighted by Gasteiger charge is -2.18. The molecular formula is C18H42N2O3. The number of likely N-dealkylation sites (N-methyl/N-ethyl adjacent to an activating group) is 1. The van der Waals surface area contributed by atoms with Gasteiger partial charge >= 0.3 is 0 Å². The Bertz CT molecular complexity index is 224. The summed E-state index contributed by atoms with van der Waals surface area (Å²) in [4.78, 5) is 22.7. The first kappa shape index (κ1) is 29.9. The summed E-state index contributed by atoms with van der Waals surface area (Å²) in [6.07, 6.45) is 4.40. The van der Waals surface area contributed by atoms with Crippen molar-refractivity contribution in [3.8, 4) is 0 Å². The average molecular weight is 335 g/mol. The molecule has 0 aromatic carbocycles. The van der Waals surface area contributed by atoms with Crippen LogP contribution in [0.3, 0.4) is 0 Å². The van der Waals surface area contributed by atoms with Gasteiger partial charge in [-0.25, -0.2) is 0 Å². The van der Waals surface area contributed by atoms with Gasteiger partial charge in [-0.3, -0.25) is 14.5 Å². The van der Waals surface area contributed by atoms with E-state index in [0.717, 1.165) is 38.8 Å². The number of methoxy groups -OCH3 is 1. The van der Waals surface area contributed by atoms with Crippen molar-refractivity contribution in [1.29, 1.82) is 0 Å². The molecule has 1 rings (SSSR count). The number of amides is 1. The lowest BCUT2D eigenvalue weighted by molar-refractivity contribution is -0.126. The first-order valence-electron chi connectivity index (χ1n) is 9.11. The Labute approximate surface area is 145 Å². The lowest BCUT2D eigenvalue weighted by Crippen LogP contribution is -2.41. The molecule has 5 nitrogen and oxygen atoms in total. The Hall–Kier alpha value is -1.10. The fraction of sp³-hybridized carbons (Fsp3) is 0.889. The number of unbranched alkanes of at least 4 members (excludes halogenated alkanes) is 1. The van der Waals surface area contributed by atoms with Gasteiger partial charge in [-0.05, 0) is 32.9 Å². The quantitative estimate of drug-likeness (QED) is 0.612. The van der Waals surface area contributed by atoms with Crippen LogP contribution in [0.2, 0.25) is 0 Å². The summed E-state index contributed by atoms with van der Waals surface area (Å²) in [5.41, 5.74) is 0. The third-order valence-corrected chi connectivity index (χ3v) is 2.75. The van der Waals surface area contributed by atoms with Crippen molar-refractivity contribution >= 4 is 12.4 Å². The largest absolute Gasteiger partial charge is 0.471 e. The third kappa shape index (κ3) is 20.9. The first-order valence-corrected chi connectivity index (χ1v) is 9.11. The molecule has 1 unspecified atom stereocenters. The van der Waals surface area contributed by atoms with Crippen molar-refractivity contribution in [2.45, 2.75) is 80.2 Å². The van der Waals surface area contributed by atoms with Crippen LogP contribution >= 0.6 is 0 Å². The number of hydrogen-bond acceptors (Lipinski definition) is 4. The van der Waals surface area contributed by atoms with Crippen molar-refractivity contribution < 1.29 is 14.3 Å². The van der Waals surface area contributed by atoms with E-state index in [2.05, 4.69) is 21.9 Å². The van der Waals surface area contributed by atoms with Crippen LogP contribution in [0.4, 0.5) is 0 Å². The molecule has 1 N–H and O–H groups in total. The van der Waals surface area contributed by atoms with Gasteiger partial charge in [0.1, 0.15) is 0 Å².